The van der Waals surface area contributed by atoms with E-state index in [0.29, 0.717) is 19.4 Å². The molecule has 0 aliphatic carbocycles. The van der Waals surface area contributed by atoms with Gasteiger partial charge >= 0.3 is 5.97 Å². The van der Waals surface area contributed by atoms with Gasteiger partial charge in [0, 0.05) is 12.8 Å². The second-order valence-electron chi connectivity index (χ2n) is 24.9. The standard InChI is InChI=1S/C72H141NO5/c1-3-5-7-9-11-13-15-16-17-18-19-29-32-35-38-41-45-48-52-56-60-64-70(75)69(68-74)73-71(76)65-61-57-53-49-46-42-39-36-33-30-27-25-23-21-20-22-24-26-28-31-34-37-40-43-47-51-55-59-63-67-78-72(77)66-62-58-54-50-44-14-12-10-8-6-4-2/h60,64,69-70,74-75H,3-59,61-63,65-68H2,1-2H3,(H,73,76)/b64-60+. The Morgan fingerprint density at radius 1 is 0.346 bits per heavy atom. The van der Waals surface area contributed by atoms with Gasteiger partial charge in [0.1, 0.15) is 0 Å². The molecule has 2 atom stereocenters. The van der Waals surface area contributed by atoms with Crippen LogP contribution in [0.1, 0.15) is 412 Å². The maximum absolute atomic E-state index is 12.5. The molecule has 0 aliphatic heterocycles. The highest BCUT2D eigenvalue weighted by molar-refractivity contribution is 5.76. The van der Waals surface area contributed by atoms with Crippen molar-refractivity contribution < 1.29 is 24.5 Å². The van der Waals surface area contributed by atoms with Gasteiger partial charge in [0.25, 0.3) is 0 Å². The largest absolute Gasteiger partial charge is 0.466 e. The molecule has 0 rings (SSSR count). The number of ether oxygens (including phenoxy) is 1. The van der Waals surface area contributed by atoms with E-state index in [1.54, 1.807) is 6.08 Å². The Morgan fingerprint density at radius 3 is 0.872 bits per heavy atom. The van der Waals surface area contributed by atoms with Gasteiger partial charge in [0.2, 0.25) is 5.91 Å². The number of carbonyl (C=O) groups is 2. The summed E-state index contributed by atoms with van der Waals surface area (Å²) in [6.07, 6.45) is 84.4. The Labute approximate surface area is 489 Å². The van der Waals surface area contributed by atoms with Gasteiger partial charge in [-0.2, -0.15) is 0 Å². The summed E-state index contributed by atoms with van der Waals surface area (Å²) >= 11 is 0. The van der Waals surface area contributed by atoms with E-state index in [2.05, 4.69) is 19.2 Å². The highest BCUT2D eigenvalue weighted by atomic mass is 16.5. The molecule has 0 heterocycles. The molecule has 0 spiro atoms. The Balaban J connectivity index is 3.36. The van der Waals surface area contributed by atoms with Crippen molar-refractivity contribution in [3.63, 3.8) is 0 Å². The molecule has 0 aromatic heterocycles. The fraction of sp³-hybridized carbons (Fsp3) is 0.944. The second-order valence-corrected chi connectivity index (χ2v) is 24.9. The molecule has 0 saturated carbocycles. The van der Waals surface area contributed by atoms with Crippen LogP contribution in [-0.2, 0) is 14.3 Å². The van der Waals surface area contributed by atoms with Crippen LogP contribution in [0.2, 0.25) is 0 Å². The monoisotopic (exact) mass is 1100 g/mol. The normalized spacial score (nSPS) is 12.5. The Kier molecular flexibility index (Phi) is 66.9. The molecule has 464 valence electrons. The zero-order valence-electron chi connectivity index (χ0n) is 53.2. The van der Waals surface area contributed by atoms with Crippen molar-refractivity contribution in [1.29, 1.82) is 0 Å². The predicted molar refractivity (Wildman–Crippen MR) is 343 cm³/mol. The maximum atomic E-state index is 12.5. The molecule has 6 nitrogen and oxygen atoms in total. The molecule has 0 radical (unpaired) electrons. The zero-order chi connectivity index (χ0) is 56.4. The molecule has 2 unspecified atom stereocenters. The van der Waals surface area contributed by atoms with Crippen LogP contribution in [0.3, 0.4) is 0 Å². The summed E-state index contributed by atoms with van der Waals surface area (Å²) in [5, 5.41) is 23.3. The first kappa shape index (κ1) is 76.6. The first-order valence-electron chi connectivity index (χ1n) is 36.0. The lowest BCUT2D eigenvalue weighted by Crippen LogP contribution is -2.45. The molecular weight excluding hydrogens is 959 g/mol. The maximum Gasteiger partial charge on any atom is 0.305 e. The highest BCUT2D eigenvalue weighted by Crippen LogP contribution is 2.19. The van der Waals surface area contributed by atoms with Crippen LogP contribution in [-0.4, -0.2) is 47.4 Å². The molecule has 3 N–H and O–H groups in total. The van der Waals surface area contributed by atoms with Gasteiger partial charge in [-0.25, -0.2) is 0 Å². The lowest BCUT2D eigenvalue weighted by Gasteiger charge is -2.20. The number of unbranched alkanes of at least 4 members (excludes halogenated alkanes) is 57. The fourth-order valence-corrected chi connectivity index (χ4v) is 11.6. The molecule has 0 fully saturated rings. The van der Waals surface area contributed by atoms with E-state index in [1.165, 1.54) is 347 Å². The van der Waals surface area contributed by atoms with Crippen LogP contribution >= 0.6 is 0 Å². The minimum atomic E-state index is -0.842. The Hall–Kier alpha value is -1.40. The summed E-state index contributed by atoms with van der Waals surface area (Å²) in [6, 6.07) is -0.625. The topological polar surface area (TPSA) is 95.9 Å². The number of allylic oxidation sites excluding steroid dienone is 1. The van der Waals surface area contributed by atoms with Gasteiger partial charge in [-0.1, -0.05) is 379 Å². The molecule has 0 bridgehead atoms. The molecule has 6 heteroatoms. The van der Waals surface area contributed by atoms with Crippen LogP contribution in [0.4, 0.5) is 0 Å². The number of esters is 1. The summed E-state index contributed by atoms with van der Waals surface area (Å²) in [5.41, 5.74) is 0. The predicted octanol–water partition coefficient (Wildman–Crippen LogP) is 23.1. The van der Waals surface area contributed by atoms with Crippen molar-refractivity contribution >= 4 is 11.9 Å². The van der Waals surface area contributed by atoms with E-state index in [1.807, 2.05) is 6.08 Å². The Bertz CT molecular complexity index is 1180. The van der Waals surface area contributed by atoms with Gasteiger partial charge in [-0.15, -0.1) is 0 Å². The van der Waals surface area contributed by atoms with Crippen LogP contribution in [0.5, 0.6) is 0 Å². The van der Waals surface area contributed by atoms with Crippen molar-refractivity contribution in [1.82, 2.24) is 5.32 Å². The molecule has 1 amide bonds. The van der Waals surface area contributed by atoms with Crippen molar-refractivity contribution in [3.05, 3.63) is 12.2 Å². The van der Waals surface area contributed by atoms with E-state index in [4.69, 9.17) is 4.74 Å². The number of hydrogen-bond acceptors (Lipinski definition) is 5. The summed E-state index contributed by atoms with van der Waals surface area (Å²) in [6.45, 7) is 4.95. The van der Waals surface area contributed by atoms with Crippen LogP contribution < -0.4 is 5.32 Å². The van der Waals surface area contributed by atoms with Crippen molar-refractivity contribution in [2.45, 2.75) is 424 Å². The average molecular weight is 1100 g/mol. The molecular formula is C72H141NO5. The lowest BCUT2D eigenvalue weighted by atomic mass is 10.0. The number of nitrogens with one attached hydrogen (secondary N) is 1. The lowest BCUT2D eigenvalue weighted by molar-refractivity contribution is -0.143. The molecule has 0 aliphatic rings. The van der Waals surface area contributed by atoms with Gasteiger partial charge in [-0.3, -0.25) is 9.59 Å². The molecule has 78 heavy (non-hydrogen) atoms. The van der Waals surface area contributed by atoms with E-state index in [-0.39, 0.29) is 18.5 Å². The van der Waals surface area contributed by atoms with E-state index in [0.717, 1.165) is 38.5 Å². The SMILES string of the molecule is CCCCCCCCCCCCCCCCCCCCC/C=C/C(O)C(CO)NC(=O)CCCCCCCCCCCCCCCCCCCCCCCCCCCCCCCOC(=O)CCCCCCCCCCCCC. The number of amides is 1. The minimum Gasteiger partial charge on any atom is -0.466 e. The second kappa shape index (κ2) is 68.1. The van der Waals surface area contributed by atoms with Crippen LogP contribution in [0, 0.1) is 0 Å². The number of aliphatic hydroxyl groups is 2. The van der Waals surface area contributed by atoms with Crippen molar-refractivity contribution in [3.8, 4) is 0 Å². The molecule has 0 saturated heterocycles. The number of aliphatic hydroxyl groups excluding tert-OH is 2. The third kappa shape index (κ3) is 63.8. The number of carbonyl (C=O) groups excluding carboxylic acids is 2. The van der Waals surface area contributed by atoms with Gasteiger partial charge in [0.05, 0.1) is 25.4 Å². The van der Waals surface area contributed by atoms with Gasteiger partial charge < -0.3 is 20.3 Å². The summed E-state index contributed by atoms with van der Waals surface area (Å²) in [7, 11) is 0. The zero-order valence-corrected chi connectivity index (χ0v) is 53.2. The van der Waals surface area contributed by atoms with Gasteiger partial charge in [-0.05, 0) is 32.1 Å². The van der Waals surface area contributed by atoms with E-state index >= 15 is 0 Å². The van der Waals surface area contributed by atoms with Gasteiger partial charge in [0.15, 0.2) is 0 Å². The third-order valence-corrected chi connectivity index (χ3v) is 17.1. The highest BCUT2D eigenvalue weighted by Gasteiger charge is 2.18. The van der Waals surface area contributed by atoms with E-state index < -0.39 is 12.1 Å². The third-order valence-electron chi connectivity index (χ3n) is 17.1. The number of rotatable bonds is 68. The first-order valence-corrected chi connectivity index (χ1v) is 36.0. The Morgan fingerprint density at radius 2 is 0.590 bits per heavy atom. The number of hydrogen-bond donors (Lipinski definition) is 3. The first-order chi connectivity index (χ1) is 38.5. The van der Waals surface area contributed by atoms with Crippen molar-refractivity contribution in [2.24, 2.45) is 0 Å². The summed E-state index contributed by atoms with van der Waals surface area (Å²) in [4.78, 5) is 24.5. The van der Waals surface area contributed by atoms with Crippen LogP contribution in [0.25, 0.3) is 0 Å². The fourth-order valence-electron chi connectivity index (χ4n) is 11.6. The smallest absolute Gasteiger partial charge is 0.305 e. The van der Waals surface area contributed by atoms with E-state index in [9.17, 15) is 19.8 Å². The quantitative estimate of drug-likeness (QED) is 0.0320. The van der Waals surface area contributed by atoms with Crippen LogP contribution in [0.15, 0.2) is 12.2 Å². The molecule has 0 aromatic carbocycles. The van der Waals surface area contributed by atoms with Crippen molar-refractivity contribution in [2.75, 3.05) is 13.2 Å². The summed E-state index contributed by atoms with van der Waals surface area (Å²) < 4.78 is 5.48. The summed E-state index contributed by atoms with van der Waals surface area (Å²) in [5.74, 6) is -0.0399. The minimum absolute atomic E-state index is 0.0198. The molecule has 0 aromatic rings. The average Bonchev–Trinajstić information content (AvgIpc) is 3.44.